The number of aryl methyl sites for hydroxylation is 1. The summed E-state index contributed by atoms with van der Waals surface area (Å²) in [6.07, 6.45) is 11.5. The largest absolute Gasteiger partial charge is 0.356 e. The average molecular weight is 304 g/mol. The third-order valence-electron chi connectivity index (χ3n) is 5.08. The van der Waals surface area contributed by atoms with Crippen LogP contribution in [0.25, 0.3) is 0 Å². The Kier molecular flexibility index (Phi) is 5.29. The first-order valence-corrected chi connectivity index (χ1v) is 8.65. The second kappa shape index (κ2) is 7.61. The third-order valence-corrected chi connectivity index (χ3v) is 5.08. The number of fused-ring (bicyclic) bond motifs is 1. The molecule has 1 aliphatic carbocycles. The molecule has 2 fully saturated rings. The number of likely N-dealkylation sites (tertiary alicyclic amines) is 1. The van der Waals surface area contributed by atoms with Crippen LogP contribution in [0.15, 0.2) is 17.6 Å². The van der Waals surface area contributed by atoms with E-state index in [-0.39, 0.29) is 0 Å². The van der Waals surface area contributed by atoms with Crippen molar-refractivity contribution < 1.29 is 0 Å². The molecule has 1 aromatic heterocycles. The van der Waals surface area contributed by atoms with E-state index in [2.05, 4.69) is 25.4 Å². The van der Waals surface area contributed by atoms with Crippen LogP contribution in [0.5, 0.6) is 0 Å². The molecule has 1 saturated heterocycles. The molecule has 0 amide bonds. The molecule has 2 heterocycles. The Morgan fingerprint density at radius 2 is 1.82 bits per heavy atom. The molecule has 3 rings (SSSR count). The lowest BCUT2D eigenvalue weighted by molar-refractivity contribution is 0.299. The summed E-state index contributed by atoms with van der Waals surface area (Å²) < 4.78 is 2.03. The van der Waals surface area contributed by atoms with Gasteiger partial charge in [0.2, 0.25) is 0 Å². The highest BCUT2D eigenvalue weighted by atomic mass is 15.3. The van der Waals surface area contributed by atoms with E-state index >= 15 is 0 Å². The summed E-state index contributed by atoms with van der Waals surface area (Å²) in [6.45, 7) is 4.37. The first-order valence-electron chi connectivity index (χ1n) is 8.65. The molecule has 6 nitrogen and oxygen atoms in total. The molecule has 6 heteroatoms. The number of guanidine groups is 1. The van der Waals surface area contributed by atoms with Crippen LogP contribution in [-0.2, 0) is 6.54 Å². The Balaban J connectivity index is 1.37. The molecule has 2 aliphatic rings. The zero-order chi connectivity index (χ0) is 15.2. The highest BCUT2D eigenvalue weighted by Crippen LogP contribution is 2.35. The van der Waals surface area contributed by atoms with Crippen molar-refractivity contribution in [1.29, 1.82) is 0 Å². The maximum Gasteiger partial charge on any atom is 0.193 e. The highest BCUT2D eigenvalue weighted by molar-refractivity contribution is 5.80. The number of aliphatic imine (C=N–C) groups is 1. The van der Waals surface area contributed by atoms with Gasteiger partial charge in [-0.05, 0) is 37.5 Å². The fourth-order valence-corrected chi connectivity index (χ4v) is 3.87. The minimum Gasteiger partial charge on any atom is -0.356 e. The molecule has 1 aromatic rings. The van der Waals surface area contributed by atoms with Crippen LogP contribution < -0.4 is 5.32 Å². The van der Waals surface area contributed by atoms with E-state index in [0.717, 1.165) is 43.7 Å². The predicted octanol–water partition coefficient (Wildman–Crippen LogP) is 1.76. The van der Waals surface area contributed by atoms with Crippen molar-refractivity contribution in [3.63, 3.8) is 0 Å². The molecule has 1 aliphatic heterocycles. The highest BCUT2D eigenvalue weighted by Gasteiger charge is 2.35. The van der Waals surface area contributed by atoms with Gasteiger partial charge >= 0.3 is 0 Å². The maximum atomic E-state index is 4.48. The van der Waals surface area contributed by atoms with Gasteiger partial charge in [-0.1, -0.05) is 12.8 Å². The first-order chi connectivity index (χ1) is 10.9. The van der Waals surface area contributed by atoms with Gasteiger partial charge in [0.05, 0.1) is 0 Å². The van der Waals surface area contributed by atoms with Crippen LogP contribution >= 0.6 is 0 Å². The van der Waals surface area contributed by atoms with E-state index in [0.29, 0.717) is 0 Å². The van der Waals surface area contributed by atoms with E-state index in [1.54, 1.807) is 12.7 Å². The summed E-state index contributed by atoms with van der Waals surface area (Å²) >= 11 is 0. The van der Waals surface area contributed by atoms with Crippen LogP contribution in [0.2, 0.25) is 0 Å². The summed E-state index contributed by atoms with van der Waals surface area (Å²) in [4.78, 5) is 6.95. The summed E-state index contributed by atoms with van der Waals surface area (Å²) in [7, 11) is 1.90. The summed E-state index contributed by atoms with van der Waals surface area (Å²) in [5.41, 5.74) is 0. The van der Waals surface area contributed by atoms with Crippen molar-refractivity contribution in [2.75, 3.05) is 26.7 Å². The molecular weight excluding hydrogens is 276 g/mol. The molecule has 1 saturated carbocycles. The van der Waals surface area contributed by atoms with Crippen molar-refractivity contribution in [2.24, 2.45) is 16.8 Å². The van der Waals surface area contributed by atoms with Gasteiger partial charge in [-0.15, -0.1) is 10.2 Å². The van der Waals surface area contributed by atoms with Crippen LogP contribution in [0.1, 0.15) is 38.5 Å². The maximum absolute atomic E-state index is 4.48. The second-order valence-corrected chi connectivity index (χ2v) is 6.59. The van der Waals surface area contributed by atoms with E-state index in [4.69, 9.17) is 0 Å². The SMILES string of the molecule is CN=C(NCCCCn1cnnc1)N1CC2CCCCC2C1. The Morgan fingerprint density at radius 1 is 1.14 bits per heavy atom. The van der Waals surface area contributed by atoms with E-state index < -0.39 is 0 Å². The Morgan fingerprint density at radius 3 is 2.45 bits per heavy atom. The molecule has 122 valence electrons. The van der Waals surface area contributed by atoms with Crippen molar-refractivity contribution in [1.82, 2.24) is 25.0 Å². The number of rotatable bonds is 5. The summed E-state index contributed by atoms with van der Waals surface area (Å²) in [5, 5.41) is 11.2. The molecule has 0 bridgehead atoms. The van der Waals surface area contributed by atoms with Crippen LogP contribution in [0.4, 0.5) is 0 Å². The number of unbranched alkanes of at least 4 members (excludes halogenated alkanes) is 1. The Labute approximate surface area is 133 Å². The van der Waals surface area contributed by atoms with Gasteiger partial charge in [0.1, 0.15) is 12.7 Å². The minimum atomic E-state index is 0.904. The number of nitrogens with one attached hydrogen (secondary N) is 1. The van der Waals surface area contributed by atoms with Crippen LogP contribution in [0, 0.1) is 11.8 Å². The van der Waals surface area contributed by atoms with Gasteiger partial charge in [0.25, 0.3) is 0 Å². The van der Waals surface area contributed by atoms with Gasteiger partial charge in [0, 0.05) is 33.2 Å². The van der Waals surface area contributed by atoms with Gasteiger partial charge in [0.15, 0.2) is 5.96 Å². The number of aromatic nitrogens is 3. The Bertz CT molecular complexity index is 455. The van der Waals surface area contributed by atoms with E-state index in [1.807, 2.05) is 11.6 Å². The zero-order valence-corrected chi connectivity index (χ0v) is 13.6. The normalized spacial score (nSPS) is 25.3. The topological polar surface area (TPSA) is 58.3 Å². The lowest BCUT2D eigenvalue weighted by atomic mass is 9.82. The standard InChI is InChI=1S/C16H28N6/c1-17-16(18-8-4-5-9-21-12-19-20-13-21)22-10-14-6-2-3-7-15(14)11-22/h12-15H,2-11H2,1H3,(H,17,18). The molecule has 0 aromatic carbocycles. The molecule has 2 atom stereocenters. The number of hydrogen-bond acceptors (Lipinski definition) is 3. The van der Waals surface area contributed by atoms with Gasteiger partial charge in [-0.2, -0.15) is 0 Å². The fourth-order valence-electron chi connectivity index (χ4n) is 3.87. The van der Waals surface area contributed by atoms with Crippen LogP contribution in [-0.4, -0.2) is 52.3 Å². The lowest BCUT2D eigenvalue weighted by Crippen LogP contribution is -2.40. The third kappa shape index (κ3) is 3.78. The number of nitrogens with zero attached hydrogens (tertiary/aromatic N) is 5. The van der Waals surface area contributed by atoms with Crippen molar-refractivity contribution in [3.8, 4) is 0 Å². The van der Waals surface area contributed by atoms with Crippen molar-refractivity contribution >= 4 is 5.96 Å². The first kappa shape index (κ1) is 15.3. The second-order valence-electron chi connectivity index (χ2n) is 6.59. The molecule has 2 unspecified atom stereocenters. The molecule has 1 N–H and O–H groups in total. The molecule has 22 heavy (non-hydrogen) atoms. The molecule has 0 radical (unpaired) electrons. The fraction of sp³-hybridized carbons (Fsp3) is 0.812. The van der Waals surface area contributed by atoms with Crippen molar-refractivity contribution in [2.45, 2.75) is 45.1 Å². The molecular formula is C16H28N6. The average Bonchev–Trinajstić information content (AvgIpc) is 3.19. The monoisotopic (exact) mass is 304 g/mol. The van der Waals surface area contributed by atoms with E-state index in [1.165, 1.54) is 38.8 Å². The smallest absolute Gasteiger partial charge is 0.193 e. The molecule has 0 spiro atoms. The predicted molar refractivity (Wildman–Crippen MR) is 87.6 cm³/mol. The van der Waals surface area contributed by atoms with Crippen LogP contribution in [0.3, 0.4) is 0 Å². The summed E-state index contributed by atoms with van der Waals surface area (Å²) in [6, 6.07) is 0. The zero-order valence-electron chi connectivity index (χ0n) is 13.6. The van der Waals surface area contributed by atoms with Gasteiger partial charge in [-0.3, -0.25) is 4.99 Å². The lowest BCUT2D eigenvalue weighted by Gasteiger charge is -2.22. The van der Waals surface area contributed by atoms with Crippen molar-refractivity contribution in [3.05, 3.63) is 12.7 Å². The Hall–Kier alpha value is -1.59. The number of hydrogen-bond donors (Lipinski definition) is 1. The van der Waals surface area contributed by atoms with Gasteiger partial charge < -0.3 is 14.8 Å². The minimum absolute atomic E-state index is 0.904. The quantitative estimate of drug-likeness (QED) is 0.511. The van der Waals surface area contributed by atoms with E-state index in [9.17, 15) is 0 Å². The van der Waals surface area contributed by atoms with Gasteiger partial charge in [-0.25, -0.2) is 0 Å². The summed E-state index contributed by atoms with van der Waals surface area (Å²) in [5.74, 6) is 2.90.